The van der Waals surface area contributed by atoms with Crippen LogP contribution in [0, 0.1) is 0 Å². The molecule has 0 spiro atoms. The Morgan fingerprint density at radius 2 is 0.0300 bits per heavy atom. The first kappa shape index (κ1) is 988. The van der Waals surface area contributed by atoms with Gasteiger partial charge >= 0.3 is 0 Å². The van der Waals surface area contributed by atoms with Crippen molar-refractivity contribution in [3.63, 3.8) is 0 Å². The fourth-order valence-corrected chi connectivity index (χ4v) is 0. The van der Waals surface area contributed by atoms with E-state index in [1.165, 1.54) is 0 Å². The monoisotopic (exact) mass is 10700 g/mol. The van der Waals surface area contributed by atoms with Crippen LogP contribution < -0.4 is 0 Å². The molecule has 0 aromatic carbocycles. The van der Waals surface area contributed by atoms with Crippen molar-refractivity contribution >= 4 is 191 Å². The molecule has 0 fully saturated rings. The maximum Gasteiger partial charge on any atom is 0 e. The first-order valence-electron chi connectivity index (χ1n) is 0. The molecule has 0 aliphatic rings. The maximum atomic E-state index is 0. The molecule has 100 heavy (non-hydrogen) atoms. The van der Waals surface area contributed by atoms with Gasteiger partial charge in [-0.1, -0.05) is 0 Å². The van der Waals surface area contributed by atoms with Crippen LogP contribution in [0.3, 0.4) is 0 Å². The summed E-state index contributed by atoms with van der Waals surface area (Å²) in [6.45, 7) is 0. The summed E-state index contributed by atoms with van der Waals surface area (Å²) in [5.41, 5.74) is 0. The van der Waals surface area contributed by atoms with Gasteiger partial charge in [-0.25, -0.2) is 0 Å². The van der Waals surface area contributed by atoms with Crippen molar-refractivity contribution in [3.05, 3.63) is 0 Å². The normalized spacial score (nSPS) is 0. The van der Waals surface area contributed by atoms with E-state index in [-0.39, 0.29) is 2140 Å². The van der Waals surface area contributed by atoms with Crippen LogP contribution in [0.4, 0.5) is 0 Å². The van der Waals surface area contributed by atoms with Crippen LogP contribution in [0.1, 0.15) is 0 Å². The van der Waals surface area contributed by atoms with E-state index in [0.29, 0.717) is 0 Å². The second kappa shape index (κ2) is 970. The third kappa shape index (κ3) is 953. The predicted molar refractivity (Wildman–Crippen MR) is 46.0 cm³/mol. The van der Waals surface area contributed by atoms with Crippen molar-refractivity contribution in [1.82, 2.24) is 0 Å². The molecule has 0 aromatic rings. The van der Waals surface area contributed by atoms with Crippen molar-refractivity contribution in [2.24, 2.45) is 0 Å². The average molecular weight is 10800 g/mol. The van der Waals surface area contributed by atoms with Crippen molar-refractivity contribution < 1.29 is 1950 Å². The van der Waals surface area contributed by atoms with Gasteiger partial charge in [0.2, 0.25) is 0 Å². The Morgan fingerprint density at radius 1 is 0.0300 bits per heavy atom. The molecule has 0 bridgehead atoms. The van der Waals surface area contributed by atoms with Crippen molar-refractivity contribution in [3.8, 4) is 0 Å². The smallest absolute Gasteiger partial charge is 0 e. The number of rotatable bonds is 0. The Kier molecular flexibility index (Phi) is 9590. The molecular formula is Ag38Pd54Sn8. The van der Waals surface area contributed by atoms with Gasteiger partial charge in [0.25, 0.3) is 0 Å². The largest absolute Gasteiger partial charge is 0 e. The quantitative estimate of drug-likeness (QED) is 0.224. The fourth-order valence-electron chi connectivity index (χ4n) is 0. The van der Waals surface area contributed by atoms with Crippen LogP contribution in [-0.2, 0) is 1950 Å². The zero-order chi connectivity index (χ0) is 0. The van der Waals surface area contributed by atoms with Crippen LogP contribution in [0.25, 0.3) is 0 Å². The third-order valence-electron chi connectivity index (χ3n) is 0. The summed E-state index contributed by atoms with van der Waals surface area (Å²) >= 11 is 0. The molecule has 0 aliphatic carbocycles. The molecule has 0 rings (SSSR count). The third-order valence-corrected chi connectivity index (χ3v) is 0. The minimum atomic E-state index is 0. The van der Waals surface area contributed by atoms with Gasteiger partial charge in [0.1, 0.15) is 0 Å². The van der Waals surface area contributed by atoms with Crippen LogP contribution in [-0.4, -0.2) is 191 Å². The van der Waals surface area contributed by atoms with E-state index in [2.05, 4.69) is 0 Å². The SMILES string of the molecule is [Ag].[Ag].[Ag].[Ag].[Ag].[Ag].[Ag].[Ag].[Ag].[Ag].[Ag].[Ag].[Ag].[Ag].[Ag].[Ag].[Ag].[Ag].[Ag].[Ag].[Ag].[Ag].[Ag].[Ag].[Ag].[Ag].[Ag].[Ag].[Ag].[Ag].[Ag].[Ag].[Ag].[Ag].[Ag].[Ag].[Ag].[Ag].[Pd].[Pd].[Pd].[Pd].[Pd].[Pd].[Pd].[Pd].[Pd].[Pd].[Pd].[Pd].[Pd].[Pd].[Pd].[Pd].[Pd].[Pd].[Pd].[Pd].[Pd].[Pd].[Pd].[Pd].[Pd].[Pd].[Pd].[Pd].[Pd].[Pd].[Pd].[Pd].[Pd].[Pd].[Pd].[Pd].[Pd].[Pd].[Pd].[Pd].[Pd].[Pd].[Pd].[Pd].[Pd].[Pd].[Pd].[Pd].[Pd].[Pd].[Pd].[Pd].[Pd].[Pd].[Sn].[Sn].[Sn].[Sn].[Sn].[Sn].[Sn].[Sn]. The predicted octanol–water partition coefficient (Wildman–Crippen LogP) is -3.28. The molecule has 0 saturated heterocycles. The van der Waals surface area contributed by atoms with E-state index in [9.17, 15) is 0 Å². The van der Waals surface area contributed by atoms with E-state index in [1.807, 2.05) is 0 Å². The van der Waals surface area contributed by atoms with Gasteiger partial charge in [0, 0.05) is 2140 Å². The van der Waals surface area contributed by atoms with Crippen molar-refractivity contribution in [1.29, 1.82) is 0 Å². The van der Waals surface area contributed by atoms with Gasteiger partial charge in [-0.3, -0.25) is 0 Å². The van der Waals surface area contributed by atoms with Gasteiger partial charge in [-0.15, -0.1) is 0 Å². The molecule has 0 unspecified atom stereocenters. The van der Waals surface area contributed by atoms with Crippen molar-refractivity contribution in [2.75, 3.05) is 0 Å². The summed E-state index contributed by atoms with van der Waals surface area (Å²) in [6, 6.07) is 0. The molecule has 990 valence electrons. The molecule has 0 N–H and O–H groups in total. The van der Waals surface area contributed by atoms with E-state index >= 15 is 0 Å². The second-order valence-corrected chi connectivity index (χ2v) is 0. The molecule has 70 radical (unpaired) electrons. The Morgan fingerprint density at radius 3 is 0.0300 bits per heavy atom. The molecule has 0 nitrogen and oxygen atoms in total. The molecule has 0 amide bonds. The molecule has 0 aliphatic heterocycles. The zero-order valence-corrected chi connectivity index (χ0v) is 196. The summed E-state index contributed by atoms with van der Waals surface area (Å²) in [5, 5.41) is 0. The fraction of sp³-hybridized carbons (Fsp3) is 0. The minimum absolute atomic E-state index is 0. The van der Waals surface area contributed by atoms with Crippen LogP contribution >= 0.6 is 0 Å². The van der Waals surface area contributed by atoms with Gasteiger partial charge in [-0.05, 0) is 0 Å². The molecule has 100 heteroatoms. The summed E-state index contributed by atoms with van der Waals surface area (Å²) in [7, 11) is 0. The average Bonchev–Trinajstić information content (AvgIpc) is 0. The summed E-state index contributed by atoms with van der Waals surface area (Å²) in [4.78, 5) is 0. The van der Waals surface area contributed by atoms with Crippen LogP contribution in [0.2, 0.25) is 0 Å². The van der Waals surface area contributed by atoms with Gasteiger partial charge < -0.3 is 0 Å². The Bertz CT molecular complexity index is 130. The summed E-state index contributed by atoms with van der Waals surface area (Å²) in [6.07, 6.45) is 0. The first-order valence-corrected chi connectivity index (χ1v) is 0. The van der Waals surface area contributed by atoms with Crippen LogP contribution in [0.15, 0.2) is 0 Å². The minimum Gasteiger partial charge on any atom is 0 e. The standard InChI is InChI=1S/38Ag.54Pd.8Sn. The van der Waals surface area contributed by atoms with Gasteiger partial charge in [0.15, 0.2) is 0 Å². The van der Waals surface area contributed by atoms with E-state index in [4.69, 9.17) is 0 Å². The number of hydrogen-bond donors (Lipinski definition) is 0. The van der Waals surface area contributed by atoms with Crippen molar-refractivity contribution in [2.45, 2.75) is 0 Å². The maximum absolute atomic E-state index is 0. The van der Waals surface area contributed by atoms with Crippen LogP contribution in [0.5, 0.6) is 0 Å². The Hall–Kier alpha value is 70.3. The summed E-state index contributed by atoms with van der Waals surface area (Å²) in [5.74, 6) is 0. The second-order valence-electron chi connectivity index (χ2n) is 0. The number of hydrogen-bond acceptors (Lipinski definition) is 0. The first-order chi connectivity index (χ1) is 0. The Labute approximate surface area is 2080 Å². The van der Waals surface area contributed by atoms with E-state index in [0.717, 1.165) is 0 Å². The topological polar surface area (TPSA) is 0 Å². The Balaban J connectivity index is 0. The van der Waals surface area contributed by atoms with E-state index in [1.54, 1.807) is 0 Å². The summed E-state index contributed by atoms with van der Waals surface area (Å²) < 4.78 is 0. The molecular weight excluding hydrogens is 10800 g/mol. The molecule has 0 heterocycles. The zero-order valence-electron chi connectivity index (χ0n) is 32.5. The van der Waals surface area contributed by atoms with Gasteiger partial charge in [0.05, 0.1) is 0 Å². The molecule has 0 aromatic heterocycles. The van der Waals surface area contributed by atoms with E-state index < -0.39 is 0 Å². The molecule has 0 atom stereocenters. The van der Waals surface area contributed by atoms with Gasteiger partial charge in [-0.2, -0.15) is 0 Å². The molecule has 0 saturated carbocycles.